The van der Waals surface area contributed by atoms with Gasteiger partial charge in [0.15, 0.2) is 0 Å². The molecule has 1 unspecified atom stereocenters. The summed E-state index contributed by atoms with van der Waals surface area (Å²) in [5, 5.41) is 0. The van der Waals surface area contributed by atoms with Gasteiger partial charge < -0.3 is 5.73 Å². The standard InChI is InChI=1S/C13H21N/c1-9(2)13(5,14)12-7-6-10(3)8-11(12)4/h6-9H,14H2,1-5H3. The van der Waals surface area contributed by atoms with Crippen molar-refractivity contribution in [3.63, 3.8) is 0 Å². The van der Waals surface area contributed by atoms with Gasteiger partial charge in [-0.3, -0.25) is 0 Å². The third-order valence-electron chi connectivity index (χ3n) is 3.16. The summed E-state index contributed by atoms with van der Waals surface area (Å²) in [6, 6.07) is 6.49. The number of nitrogens with two attached hydrogens (primary N) is 1. The average molecular weight is 191 g/mol. The Morgan fingerprint density at radius 3 is 2.21 bits per heavy atom. The van der Waals surface area contributed by atoms with Gasteiger partial charge in [-0.25, -0.2) is 0 Å². The van der Waals surface area contributed by atoms with Crippen LogP contribution in [-0.4, -0.2) is 0 Å². The summed E-state index contributed by atoms with van der Waals surface area (Å²) < 4.78 is 0. The third-order valence-corrected chi connectivity index (χ3v) is 3.16. The summed E-state index contributed by atoms with van der Waals surface area (Å²) in [5.74, 6) is 0.448. The predicted octanol–water partition coefficient (Wildman–Crippen LogP) is 3.13. The molecule has 1 aromatic carbocycles. The van der Waals surface area contributed by atoms with Crippen molar-refractivity contribution in [1.29, 1.82) is 0 Å². The van der Waals surface area contributed by atoms with Crippen LogP contribution >= 0.6 is 0 Å². The maximum atomic E-state index is 6.33. The lowest BCUT2D eigenvalue weighted by Gasteiger charge is -2.31. The second-order valence-corrected chi connectivity index (χ2v) is 4.76. The van der Waals surface area contributed by atoms with E-state index in [2.05, 4.69) is 52.8 Å². The molecule has 0 spiro atoms. The molecule has 0 saturated heterocycles. The lowest BCUT2D eigenvalue weighted by atomic mass is 9.80. The Labute approximate surface area is 87.3 Å². The van der Waals surface area contributed by atoms with Gasteiger partial charge in [0.05, 0.1) is 0 Å². The largest absolute Gasteiger partial charge is 0.321 e. The summed E-state index contributed by atoms with van der Waals surface area (Å²) in [7, 11) is 0. The first-order valence-corrected chi connectivity index (χ1v) is 5.22. The second-order valence-electron chi connectivity index (χ2n) is 4.76. The van der Waals surface area contributed by atoms with E-state index in [9.17, 15) is 0 Å². The minimum Gasteiger partial charge on any atom is -0.321 e. The van der Waals surface area contributed by atoms with Gasteiger partial charge in [-0.2, -0.15) is 0 Å². The van der Waals surface area contributed by atoms with Crippen LogP contribution in [0, 0.1) is 19.8 Å². The van der Waals surface area contributed by atoms with E-state index in [-0.39, 0.29) is 5.54 Å². The van der Waals surface area contributed by atoms with Crippen LogP contribution in [0.1, 0.15) is 37.5 Å². The highest BCUT2D eigenvalue weighted by Gasteiger charge is 2.26. The van der Waals surface area contributed by atoms with E-state index in [1.807, 2.05) is 0 Å². The molecule has 14 heavy (non-hydrogen) atoms. The zero-order chi connectivity index (χ0) is 10.9. The Morgan fingerprint density at radius 2 is 1.79 bits per heavy atom. The van der Waals surface area contributed by atoms with Crippen LogP contribution in [0.5, 0.6) is 0 Å². The van der Waals surface area contributed by atoms with Crippen molar-refractivity contribution in [3.8, 4) is 0 Å². The molecule has 2 N–H and O–H groups in total. The minimum atomic E-state index is -0.224. The highest BCUT2D eigenvalue weighted by Crippen LogP contribution is 2.29. The molecule has 0 fully saturated rings. The first-order chi connectivity index (χ1) is 6.35. The fourth-order valence-electron chi connectivity index (χ4n) is 1.73. The topological polar surface area (TPSA) is 26.0 Å². The van der Waals surface area contributed by atoms with Gasteiger partial charge in [0.1, 0.15) is 0 Å². The molecule has 0 saturated carbocycles. The molecule has 0 aliphatic carbocycles. The Bertz CT molecular complexity index is 324. The predicted molar refractivity (Wildman–Crippen MR) is 62.3 cm³/mol. The Hall–Kier alpha value is -0.820. The Balaban J connectivity index is 3.19. The molecule has 0 aliphatic heterocycles. The van der Waals surface area contributed by atoms with Crippen molar-refractivity contribution in [1.82, 2.24) is 0 Å². The zero-order valence-electron chi connectivity index (χ0n) is 9.89. The highest BCUT2D eigenvalue weighted by atomic mass is 14.7. The smallest absolute Gasteiger partial charge is 0.0406 e. The van der Waals surface area contributed by atoms with E-state index in [0.717, 1.165) is 0 Å². The number of benzene rings is 1. The van der Waals surface area contributed by atoms with E-state index < -0.39 is 0 Å². The molecule has 1 nitrogen and oxygen atoms in total. The van der Waals surface area contributed by atoms with Crippen LogP contribution < -0.4 is 5.73 Å². The molecule has 0 amide bonds. The fourth-order valence-corrected chi connectivity index (χ4v) is 1.73. The highest BCUT2D eigenvalue weighted by molar-refractivity contribution is 5.35. The number of aryl methyl sites for hydroxylation is 2. The van der Waals surface area contributed by atoms with Gasteiger partial charge in [0.2, 0.25) is 0 Å². The fraction of sp³-hybridized carbons (Fsp3) is 0.538. The first-order valence-electron chi connectivity index (χ1n) is 5.22. The van der Waals surface area contributed by atoms with Crippen LogP contribution in [0.15, 0.2) is 18.2 Å². The normalized spacial score (nSPS) is 15.6. The van der Waals surface area contributed by atoms with E-state index in [1.165, 1.54) is 16.7 Å². The molecule has 0 aromatic heterocycles. The first kappa shape index (κ1) is 11.3. The molecule has 1 heteroatoms. The van der Waals surface area contributed by atoms with Gasteiger partial charge in [0.25, 0.3) is 0 Å². The average Bonchev–Trinajstić information content (AvgIpc) is 2.02. The maximum absolute atomic E-state index is 6.33. The molecule has 0 heterocycles. The van der Waals surface area contributed by atoms with Gasteiger partial charge in [0, 0.05) is 5.54 Å². The van der Waals surface area contributed by atoms with Crippen molar-refractivity contribution in [3.05, 3.63) is 34.9 Å². The monoisotopic (exact) mass is 191 g/mol. The molecule has 78 valence electrons. The van der Waals surface area contributed by atoms with Crippen molar-refractivity contribution >= 4 is 0 Å². The molecular weight excluding hydrogens is 170 g/mol. The number of hydrogen-bond acceptors (Lipinski definition) is 1. The summed E-state index contributed by atoms with van der Waals surface area (Å²) >= 11 is 0. The molecule has 1 rings (SSSR count). The maximum Gasteiger partial charge on any atom is 0.0406 e. The van der Waals surface area contributed by atoms with Crippen LogP contribution in [0.3, 0.4) is 0 Å². The summed E-state index contributed by atoms with van der Waals surface area (Å²) in [6.07, 6.45) is 0. The molecule has 0 bridgehead atoms. The van der Waals surface area contributed by atoms with E-state index in [1.54, 1.807) is 0 Å². The third kappa shape index (κ3) is 1.98. The Kier molecular flexibility index (Phi) is 3.01. The van der Waals surface area contributed by atoms with Crippen molar-refractivity contribution in [2.75, 3.05) is 0 Å². The molecular formula is C13H21N. The van der Waals surface area contributed by atoms with E-state index >= 15 is 0 Å². The molecule has 1 atom stereocenters. The summed E-state index contributed by atoms with van der Waals surface area (Å²) in [5.41, 5.74) is 9.96. The zero-order valence-corrected chi connectivity index (χ0v) is 9.89. The van der Waals surface area contributed by atoms with Crippen LogP contribution in [-0.2, 0) is 5.54 Å². The van der Waals surface area contributed by atoms with Gasteiger partial charge in [-0.05, 0) is 37.8 Å². The van der Waals surface area contributed by atoms with Crippen LogP contribution in [0.25, 0.3) is 0 Å². The van der Waals surface area contributed by atoms with Crippen molar-refractivity contribution in [2.24, 2.45) is 11.7 Å². The lowest BCUT2D eigenvalue weighted by Crippen LogP contribution is -2.39. The van der Waals surface area contributed by atoms with E-state index in [0.29, 0.717) is 5.92 Å². The van der Waals surface area contributed by atoms with Crippen LogP contribution in [0.2, 0.25) is 0 Å². The summed E-state index contributed by atoms with van der Waals surface area (Å²) in [6.45, 7) is 10.7. The Morgan fingerprint density at radius 1 is 1.21 bits per heavy atom. The lowest BCUT2D eigenvalue weighted by molar-refractivity contribution is 0.349. The van der Waals surface area contributed by atoms with Crippen LogP contribution in [0.4, 0.5) is 0 Å². The SMILES string of the molecule is Cc1ccc(C(C)(N)C(C)C)c(C)c1. The molecule has 0 radical (unpaired) electrons. The van der Waals surface area contributed by atoms with Gasteiger partial charge in [-0.1, -0.05) is 37.6 Å². The van der Waals surface area contributed by atoms with E-state index in [4.69, 9.17) is 5.73 Å². The minimum absolute atomic E-state index is 0.224. The second kappa shape index (κ2) is 3.74. The molecule has 0 aliphatic rings. The summed E-state index contributed by atoms with van der Waals surface area (Å²) in [4.78, 5) is 0. The number of rotatable bonds is 2. The number of hydrogen-bond donors (Lipinski definition) is 1. The van der Waals surface area contributed by atoms with Crippen molar-refractivity contribution in [2.45, 2.75) is 40.2 Å². The molecule has 1 aromatic rings. The van der Waals surface area contributed by atoms with Gasteiger partial charge in [-0.15, -0.1) is 0 Å². The quantitative estimate of drug-likeness (QED) is 0.763. The van der Waals surface area contributed by atoms with Gasteiger partial charge >= 0.3 is 0 Å². The van der Waals surface area contributed by atoms with Crippen molar-refractivity contribution < 1.29 is 0 Å².